The number of aromatic nitrogens is 1. The summed E-state index contributed by atoms with van der Waals surface area (Å²) in [5, 5.41) is 10.1. The Balaban J connectivity index is 2.16. The summed E-state index contributed by atoms with van der Waals surface area (Å²) in [4.78, 5) is 6.82. The molecular weight excluding hydrogens is 232 g/mol. The smallest absolute Gasteiger partial charge is 0.128 e. The van der Waals surface area contributed by atoms with E-state index < -0.39 is 6.10 Å². The molecule has 0 aliphatic carbocycles. The molecule has 0 spiro atoms. The standard InChI is InChI=1S/C13H20N2OS/c1-9-11(3)17-7-6-15(9)13-5-4-12(8-14-13)10(2)16/h4-5,8-11,16H,6-7H2,1-3H3. The van der Waals surface area contributed by atoms with Crippen molar-refractivity contribution < 1.29 is 5.11 Å². The van der Waals surface area contributed by atoms with Crippen LogP contribution in [0.25, 0.3) is 0 Å². The molecule has 3 nitrogen and oxygen atoms in total. The molecule has 3 unspecified atom stereocenters. The van der Waals surface area contributed by atoms with Crippen LogP contribution in [0.2, 0.25) is 0 Å². The average Bonchev–Trinajstić information content (AvgIpc) is 2.33. The van der Waals surface area contributed by atoms with E-state index in [0.29, 0.717) is 11.3 Å². The third kappa shape index (κ3) is 2.75. The van der Waals surface area contributed by atoms with Crippen molar-refractivity contribution in [3.05, 3.63) is 23.9 Å². The van der Waals surface area contributed by atoms with Crippen LogP contribution in [0.1, 0.15) is 32.4 Å². The van der Waals surface area contributed by atoms with Gasteiger partial charge in [-0.2, -0.15) is 11.8 Å². The second-order valence-corrected chi connectivity index (χ2v) is 6.12. The second kappa shape index (κ2) is 5.27. The number of hydrogen-bond donors (Lipinski definition) is 1. The van der Waals surface area contributed by atoms with Gasteiger partial charge in [-0.3, -0.25) is 0 Å². The van der Waals surface area contributed by atoms with Crippen LogP contribution in [0.3, 0.4) is 0 Å². The predicted octanol–water partition coefficient (Wildman–Crippen LogP) is 2.47. The highest BCUT2D eigenvalue weighted by molar-refractivity contribution is 8.00. The molecule has 2 heterocycles. The predicted molar refractivity (Wildman–Crippen MR) is 73.6 cm³/mol. The van der Waals surface area contributed by atoms with Gasteiger partial charge in [-0.1, -0.05) is 13.0 Å². The van der Waals surface area contributed by atoms with Crippen molar-refractivity contribution in [1.29, 1.82) is 0 Å². The number of pyridine rings is 1. The molecule has 1 aliphatic rings. The molecule has 1 fully saturated rings. The van der Waals surface area contributed by atoms with E-state index in [4.69, 9.17) is 0 Å². The molecule has 0 bridgehead atoms. The normalized spacial score (nSPS) is 26.9. The first-order chi connectivity index (χ1) is 8.09. The first kappa shape index (κ1) is 12.7. The van der Waals surface area contributed by atoms with Gasteiger partial charge in [-0.05, 0) is 25.5 Å². The monoisotopic (exact) mass is 252 g/mol. The lowest BCUT2D eigenvalue weighted by molar-refractivity contribution is 0.199. The molecule has 4 heteroatoms. The van der Waals surface area contributed by atoms with Gasteiger partial charge in [0.15, 0.2) is 0 Å². The Kier molecular flexibility index (Phi) is 3.94. The molecule has 0 saturated carbocycles. The minimum absolute atomic E-state index is 0.440. The third-order valence-corrected chi connectivity index (χ3v) is 4.77. The van der Waals surface area contributed by atoms with Gasteiger partial charge in [0.05, 0.1) is 6.10 Å². The van der Waals surface area contributed by atoms with Gasteiger partial charge in [0, 0.05) is 29.8 Å². The highest BCUT2D eigenvalue weighted by Crippen LogP contribution is 2.28. The first-order valence-electron chi connectivity index (χ1n) is 6.12. The Hall–Kier alpha value is -0.740. The zero-order valence-electron chi connectivity index (χ0n) is 10.6. The Morgan fingerprint density at radius 1 is 1.47 bits per heavy atom. The van der Waals surface area contributed by atoms with Crippen LogP contribution in [0.4, 0.5) is 5.82 Å². The molecule has 2 rings (SSSR count). The number of rotatable bonds is 2. The van der Waals surface area contributed by atoms with E-state index in [2.05, 4.69) is 23.7 Å². The van der Waals surface area contributed by atoms with Crippen molar-refractivity contribution in [2.24, 2.45) is 0 Å². The molecular formula is C13H20N2OS. The highest BCUT2D eigenvalue weighted by atomic mass is 32.2. The summed E-state index contributed by atoms with van der Waals surface area (Å²) in [6.45, 7) is 7.34. The van der Waals surface area contributed by atoms with Gasteiger partial charge in [0.1, 0.15) is 5.82 Å². The van der Waals surface area contributed by atoms with E-state index in [0.717, 1.165) is 23.7 Å². The second-order valence-electron chi connectivity index (χ2n) is 4.64. The number of thioether (sulfide) groups is 1. The van der Waals surface area contributed by atoms with E-state index >= 15 is 0 Å². The zero-order valence-corrected chi connectivity index (χ0v) is 11.4. The topological polar surface area (TPSA) is 36.4 Å². The van der Waals surface area contributed by atoms with Crippen molar-refractivity contribution in [1.82, 2.24) is 4.98 Å². The molecule has 1 aliphatic heterocycles. The zero-order chi connectivity index (χ0) is 12.4. The Morgan fingerprint density at radius 3 is 2.82 bits per heavy atom. The quantitative estimate of drug-likeness (QED) is 0.877. The van der Waals surface area contributed by atoms with Crippen LogP contribution in [-0.2, 0) is 0 Å². The van der Waals surface area contributed by atoms with Crippen LogP contribution in [-0.4, -0.2) is 33.7 Å². The largest absolute Gasteiger partial charge is 0.389 e. The summed E-state index contributed by atoms with van der Waals surface area (Å²) in [7, 11) is 0. The third-order valence-electron chi connectivity index (χ3n) is 3.43. The summed E-state index contributed by atoms with van der Waals surface area (Å²) >= 11 is 2.02. The fraction of sp³-hybridized carbons (Fsp3) is 0.615. The fourth-order valence-corrected chi connectivity index (χ4v) is 3.17. The van der Waals surface area contributed by atoms with Gasteiger partial charge < -0.3 is 10.0 Å². The summed E-state index contributed by atoms with van der Waals surface area (Å²) in [5.74, 6) is 2.18. The molecule has 1 N–H and O–H groups in total. The van der Waals surface area contributed by atoms with E-state index in [1.54, 1.807) is 13.1 Å². The minimum Gasteiger partial charge on any atom is -0.389 e. The molecule has 94 valence electrons. The molecule has 1 aromatic rings. The highest BCUT2D eigenvalue weighted by Gasteiger charge is 2.25. The molecule has 0 radical (unpaired) electrons. The summed E-state index contributed by atoms with van der Waals surface area (Å²) < 4.78 is 0. The molecule has 0 aromatic carbocycles. The molecule has 17 heavy (non-hydrogen) atoms. The van der Waals surface area contributed by atoms with Crippen LogP contribution in [0, 0.1) is 0 Å². The van der Waals surface area contributed by atoms with Gasteiger partial charge in [-0.25, -0.2) is 4.98 Å². The molecule has 0 amide bonds. The lowest BCUT2D eigenvalue weighted by atomic mass is 10.1. The maximum atomic E-state index is 9.46. The SMILES string of the molecule is CC(O)c1ccc(N2CCSC(C)C2C)nc1. The van der Waals surface area contributed by atoms with Crippen molar-refractivity contribution in [2.45, 2.75) is 38.2 Å². The van der Waals surface area contributed by atoms with Crippen LogP contribution in [0.5, 0.6) is 0 Å². The molecule has 1 aromatic heterocycles. The number of anilines is 1. The van der Waals surface area contributed by atoms with Gasteiger partial charge in [0.25, 0.3) is 0 Å². The lowest BCUT2D eigenvalue weighted by Crippen LogP contribution is -2.45. The molecule has 3 atom stereocenters. The summed E-state index contributed by atoms with van der Waals surface area (Å²) in [5.41, 5.74) is 0.876. The number of hydrogen-bond acceptors (Lipinski definition) is 4. The van der Waals surface area contributed by atoms with Crippen LogP contribution >= 0.6 is 11.8 Å². The Morgan fingerprint density at radius 2 is 2.24 bits per heavy atom. The van der Waals surface area contributed by atoms with E-state index in [-0.39, 0.29) is 0 Å². The van der Waals surface area contributed by atoms with Crippen molar-refractivity contribution >= 4 is 17.6 Å². The lowest BCUT2D eigenvalue weighted by Gasteiger charge is -2.38. The van der Waals surface area contributed by atoms with Gasteiger partial charge in [-0.15, -0.1) is 0 Å². The van der Waals surface area contributed by atoms with E-state index in [9.17, 15) is 5.11 Å². The summed E-state index contributed by atoms with van der Waals surface area (Å²) in [6.07, 6.45) is 1.34. The van der Waals surface area contributed by atoms with Crippen molar-refractivity contribution in [3.8, 4) is 0 Å². The average molecular weight is 252 g/mol. The van der Waals surface area contributed by atoms with Gasteiger partial charge in [0.2, 0.25) is 0 Å². The first-order valence-corrected chi connectivity index (χ1v) is 7.16. The summed E-state index contributed by atoms with van der Waals surface area (Å²) in [6, 6.07) is 4.49. The number of aliphatic hydroxyl groups excluding tert-OH is 1. The fourth-order valence-electron chi connectivity index (χ4n) is 2.07. The van der Waals surface area contributed by atoms with Gasteiger partial charge >= 0.3 is 0 Å². The maximum absolute atomic E-state index is 9.46. The van der Waals surface area contributed by atoms with Crippen LogP contribution < -0.4 is 4.90 Å². The van der Waals surface area contributed by atoms with Crippen LogP contribution in [0.15, 0.2) is 18.3 Å². The van der Waals surface area contributed by atoms with Crippen molar-refractivity contribution in [3.63, 3.8) is 0 Å². The van der Waals surface area contributed by atoms with Crippen molar-refractivity contribution in [2.75, 3.05) is 17.2 Å². The maximum Gasteiger partial charge on any atom is 0.128 e. The number of aliphatic hydroxyl groups is 1. The van der Waals surface area contributed by atoms with E-state index in [1.807, 2.05) is 23.9 Å². The minimum atomic E-state index is -0.440. The molecule has 1 saturated heterocycles. The Labute approximate surface area is 107 Å². The Bertz CT molecular complexity index is 366. The van der Waals surface area contributed by atoms with E-state index in [1.165, 1.54) is 0 Å². The number of nitrogens with zero attached hydrogens (tertiary/aromatic N) is 2.